The van der Waals surface area contributed by atoms with Crippen molar-refractivity contribution in [2.45, 2.75) is 5.16 Å². The van der Waals surface area contributed by atoms with Gasteiger partial charge in [-0.1, -0.05) is 41.6 Å². The lowest BCUT2D eigenvalue weighted by atomic mass is 10.1. The number of ketones is 1. The van der Waals surface area contributed by atoms with Crippen LogP contribution >= 0.6 is 23.4 Å². The van der Waals surface area contributed by atoms with Crippen LogP contribution in [0, 0.1) is 0 Å². The first-order chi connectivity index (χ1) is 11.7. The van der Waals surface area contributed by atoms with E-state index < -0.39 is 0 Å². The molecule has 0 fully saturated rings. The Hall–Kier alpha value is -2.38. The van der Waals surface area contributed by atoms with Gasteiger partial charge in [0.1, 0.15) is 5.75 Å². The van der Waals surface area contributed by atoms with Gasteiger partial charge in [0.25, 0.3) is 0 Å². The number of Topliss-reactive ketones (excluding diaryl/α,β-unsaturated/α-hetero) is 1. The van der Waals surface area contributed by atoms with Crippen molar-refractivity contribution in [3.05, 3.63) is 59.1 Å². The Bertz CT molecular complexity index is 869. The smallest absolute Gasteiger partial charge is 0.214 e. The van der Waals surface area contributed by atoms with Crippen molar-refractivity contribution in [3.8, 4) is 11.4 Å². The third-order valence-electron chi connectivity index (χ3n) is 3.23. The van der Waals surface area contributed by atoms with Crippen molar-refractivity contribution < 1.29 is 9.53 Å². The van der Waals surface area contributed by atoms with Crippen LogP contribution in [0.15, 0.2) is 53.7 Å². The van der Waals surface area contributed by atoms with Crippen molar-refractivity contribution in [2.24, 2.45) is 0 Å². The number of rotatable bonds is 6. The number of thioether (sulfide) groups is 1. The van der Waals surface area contributed by atoms with Crippen molar-refractivity contribution in [3.63, 3.8) is 0 Å². The molecule has 122 valence electrons. The lowest BCUT2D eigenvalue weighted by Crippen LogP contribution is -2.06. The summed E-state index contributed by atoms with van der Waals surface area (Å²) in [4.78, 5) is 12.4. The molecule has 6 nitrogen and oxygen atoms in total. The number of carbonyl (C=O) groups is 1. The number of hydrogen-bond acceptors (Lipinski definition) is 6. The first kappa shape index (κ1) is 16.5. The van der Waals surface area contributed by atoms with Crippen LogP contribution in [0.1, 0.15) is 10.4 Å². The molecule has 0 spiro atoms. The van der Waals surface area contributed by atoms with Crippen LogP contribution in [0.25, 0.3) is 5.69 Å². The maximum atomic E-state index is 12.4. The van der Waals surface area contributed by atoms with E-state index in [1.54, 1.807) is 42.1 Å². The summed E-state index contributed by atoms with van der Waals surface area (Å²) >= 11 is 7.25. The largest absolute Gasteiger partial charge is 0.496 e. The summed E-state index contributed by atoms with van der Waals surface area (Å²) in [5.74, 6) is 0.692. The average Bonchev–Trinajstić information content (AvgIpc) is 3.08. The molecule has 2 aromatic carbocycles. The highest BCUT2D eigenvalue weighted by Crippen LogP contribution is 2.24. The number of benzene rings is 2. The highest BCUT2D eigenvalue weighted by atomic mass is 35.5. The molecule has 0 atom stereocenters. The molecular formula is C16H13ClN4O2S. The van der Waals surface area contributed by atoms with E-state index in [2.05, 4.69) is 15.5 Å². The molecule has 0 saturated heterocycles. The molecule has 0 radical (unpaired) electrons. The SMILES string of the molecule is COc1ccccc1C(=O)CSc1nnnn1-c1cccc(Cl)c1. The molecule has 0 bridgehead atoms. The summed E-state index contributed by atoms with van der Waals surface area (Å²) in [7, 11) is 1.54. The van der Waals surface area contributed by atoms with Gasteiger partial charge >= 0.3 is 0 Å². The Morgan fingerprint density at radius 1 is 1.25 bits per heavy atom. The number of methoxy groups -OCH3 is 1. The average molecular weight is 361 g/mol. The second-order valence-electron chi connectivity index (χ2n) is 4.77. The van der Waals surface area contributed by atoms with Crippen molar-refractivity contribution in [1.29, 1.82) is 0 Å². The van der Waals surface area contributed by atoms with Crippen molar-refractivity contribution in [2.75, 3.05) is 12.9 Å². The lowest BCUT2D eigenvalue weighted by molar-refractivity contribution is 0.101. The van der Waals surface area contributed by atoms with E-state index in [0.29, 0.717) is 21.5 Å². The fraction of sp³-hybridized carbons (Fsp3) is 0.125. The quantitative estimate of drug-likeness (QED) is 0.496. The second-order valence-corrected chi connectivity index (χ2v) is 6.14. The summed E-state index contributed by atoms with van der Waals surface area (Å²) in [6, 6.07) is 14.3. The number of para-hydroxylation sites is 1. The molecule has 1 heterocycles. The Balaban J connectivity index is 1.76. The van der Waals surface area contributed by atoms with Crippen LogP contribution in [0.5, 0.6) is 5.75 Å². The maximum Gasteiger partial charge on any atom is 0.214 e. The predicted molar refractivity (Wildman–Crippen MR) is 92.2 cm³/mol. The van der Waals surface area contributed by atoms with E-state index in [-0.39, 0.29) is 11.5 Å². The number of hydrogen-bond donors (Lipinski definition) is 0. The molecule has 0 amide bonds. The molecule has 3 aromatic rings. The zero-order valence-corrected chi connectivity index (χ0v) is 14.3. The summed E-state index contributed by atoms with van der Waals surface area (Å²) in [5.41, 5.74) is 1.27. The van der Waals surface area contributed by atoms with Crippen LogP contribution in [-0.4, -0.2) is 38.9 Å². The normalized spacial score (nSPS) is 10.6. The van der Waals surface area contributed by atoms with Crippen LogP contribution in [0.2, 0.25) is 5.02 Å². The van der Waals surface area contributed by atoms with Gasteiger partial charge in [0, 0.05) is 5.02 Å². The van der Waals surface area contributed by atoms with E-state index in [9.17, 15) is 4.79 Å². The van der Waals surface area contributed by atoms with Gasteiger partial charge in [0.15, 0.2) is 5.78 Å². The number of halogens is 1. The number of nitrogens with zero attached hydrogens (tertiary/aromatic N) is 4. The molecule has 24 heavy (non-hydrogen) atoms. The fourth-order valence-corrected chi connectivity index (χ4v) is 3.08. The topological polar surface area (TPSA) is 69.9 Å². The molecule has 0 aliphatic carbocycles. The van der Waals surface area contributed by atoms with E-state index in [1.165, 1.54) is 11.8 Å². The van der Waals surface area contributed by atoms with Crippen LogP contribution < -0.4 is 4.74 Å². The molecule has 0 saturated carbocycles. The predicted octanol–water partition coefficient (Wildman–Crippen LogP) is 3.30. The van der Waals surface area contributed by atoms with Crippen LogP contribution in [-0.2, 0) is 0 Å². The minimum atomic E-state index is -0.0573. The Morgan fingerprint density at radius 3 is 2.88 bits per heavy atom. The Kier molecular flexibility index (Phi) is 5.12. The highest BCUT2D eigenvalue weighted by molar-refractivity contribution is 7.99. The van der Waals surface area contributed by atoms with E-state index in [4.69, 9.17) is 16.3 Å². The number of carbonyl (C=O) groups excluding carboxylic acids is 1. The second kappa shape index (κ2) is 7.46. The van der Waals surface area contributed by atoms with Gasteiger partial charge in [0.05, 0.1) is 24.1 Å². The van der Waals surface area contributed by atoms with Gasteiger partial charge in [-0.3, -0.25) is 4.79 Å². The third kappa shape index (κ3) is 3.58. The van der Waals surface area contributed by atoms with Crippen molar-refractivity contribution in [1.82, 2.24) is 20.2 Å². The number of tetrazole rings is 1. The summed E-state index contributed by atoms with van der Waals surface area (Å²) in [5, 5.41) is 12.7. The molecule has 3 rings (SSSR count). The van der Waals surface area contributed by atoms with E-state index >= 15 is 0 Å². The van der Waals surface area contributed by atoms with Crippen LogP contribution in [0.3, 0.4) is 0 Å². The molecule has 0 aliphatic rings. The van der Waals surface area contributed by atoms with Crippen molar-refractivity contribution >= 4 is 29.1 Å². The van der Waals surface area contributed by atoms with Crippen LogP contribution in [0.4, 0.5) is 0 Å². The summed E-state index contributed by atoms with van der Waals surface area (Å²) < 4.78 is 6.77. The zero-order valence-electron chi connectivity index (χ0n) is 12.7. The Morgan fingerprint density at radius 2 is 2.08 bits per heavy atom. The minimum Gasteiger partial charge on any atom is -0.496 e. The summed E-state index contributed by atoms with van der Waals surface area (Å²) in [6.45, 7) is 0. The van der Waals surface area contributed by atoms with Gasteiger partial charge in [0.2, 0.25) is 5.16 Å². The van der Waals surface area contributed by atoms with E-state index in [0.717, 1.165) is 5.69 Å². The molecular weight excluding hydrogens is 348 g/mol. The molecule has 0 unspecified atom stereocenters. The van der Waals surface area contributed by atoms with Gasteiger partial charge in [-0.05, 0) is 40.8 Å². The first-order valence-corrected chi connectivity index (χ1v) is 8.38. The molecule has 1 aromatic heterocycles. The monoisotopic (exact) mass is 360 g/mol. The first-order valence-electron chi connectivity index (χ1n) is 7.02. The molecule has 8 heteroatoms. The maximum absolute atomic E-state index is 12.4. The standard InChI is InChI=1S/C16H13ClN4O2S/c1-23-15-8-3-2-7-13(15)14(22)10-24-16-18-19-20-21(16)12-6-4-5-11(17)9-12/h2-9H,10H2,1H3. The summed E-state index contributed by atoms with van der Waals surface area (Å²) in [6.07, 6.45) is 0. The highest BCUT2D eigenvalue weighted by Gasteiger charge is 2.15. The lowest BCUT2D eigenvalue weighted by Gasteiger charge is -2.07. The number of ether oxygens (including phenoxy) is 1. The van der Waals surface area contributed by atoms with Gasteiger partial charge in [-0.2, -0.15) is 4.68 Å². The third-order valence-corrected chi connectivity index (χ3v) is 4.39. The minimum absolute atomic E-state index is 0.0573. The van der Waals surface area contributed by atoms with E-state index in [1.807, 2.05) is 18.2 Å². The van der Waals surface area contributed by atoms with Gasteiger partial charge in [-0.15, -0.1) is 5.10 Å². The fourth-order valence-electron chi connectivity index (χ4n) is 2.12. The van der Waals surface area contributed by atoms with Gasteiger partial charge < -0.3 is 4.74 Å². The Labute approximate surface area is 147 Å². The van der Waals surface area contributed by atoms with Gasteiger partial charge in [-0.25, -0.2) is 0 Å². The zero-order chi connectivity index (χ0) is 16.9. The molecule has 0 N–H and O–H groups in total. The molecule has 0 aliphatic heterocycles. The number of aromatic nitrogens is 4.